The van der Waals surface area contributed by atoms with Gasteiger partial charge in [-0.15, -0.1) is 0 Å². The lowest BCUT2D eigenvalue weighted by Gasteiger charge is -2.28. The van der Waals surface area contributed by atoms with Crippen LogP contribution >= 0.6 is 0 Å². The predicted molar refractivity (Wildman–Crippen MR) is 115 cm³/mol. The Hall–Kier alpha value is -2.86. The zero-order chi connectivity index (χ0) is 20.2. The number of imidazole rings is 1. The van der Waals surface area contributed by atoms with Gasteiger partial charge >= 0.3 is 5.69 Å². The highest BCUT2D eigenvalue weighted by Gasteiger charge is 2.24. The maximum absolute atomic E-state index is 12.8. The summed E-state index contributed by atoms with van der Waals surface area (Å²) >= 11 is 0. The molecule has 1 fully saturated rings. The maximum atomic E-state index is 12.8. The first-order valence-corrected chi connectivity index (χ1v) is 10.4. The van der Waals surface area contributed by atoms with Gasteiger partial charge in [-0.1, -0.05) is 42.5 Å². The number of hydrogen-bond donors (Lipinski definition) is 1. The summed E-state index contributed by atoms with van der Waals surface area (Å²) < 4.78 is 3.28. The molecule has 0 saturated carbocycles. The smallest absolute Gasteiger partial charge is 0.329 e. The molecular formula is C23H28N4O2. The van der Waals surface area contributed by atoms with Gasteiger partial charge in [-0.2, -0.15) is 0 Å². The van der Waals surface area contributed by atoms with E-state index in [0.717, 1.165) is 24.1 Å². The van der Waals surface area contributed by atoms with Crippen LogP contribution in [0.5, 0.6) is 0 Å². The third-order valence-corrected chi connectivity index (χ3v) is 5.80. The van der Waals surface area contributed by atoms with Crippen LogP contribution in [0, 0.1) is 0 Å². The number of nitrogens with one attached hydrogen (secondary N) is 1. The summed E-state index contributed by atoms with van der Waals surface area (Å²) in [5.74, 6) is -0.133. The molecule has 6 nitrogen and oxygen atoms in total. The van der Waals surface area contributed by atoms with E-state index in [-0.39, 0.29) is 24.2 Å². The highest BCUT2D eigenvalue weighted by molar-refractivity contribution is 5.81. The van der Waals surface area contributed by atoms with Crippen molar-refractivity contribution in [3.8, 4) is 0 Å². The van der Waals surface area contributed by atoms with Crippen molar-refractivity contribution in [1.29, 1.82) is 0 Å². The first kappa shape index (κ1) is 19.5. The van der Waals surface area contributed by atoms with Crippen LogP contribution in [0.3, 0.4) is 0 Å². The highest BCUT2D eigenvalue weighted by atomic mass is 16.2. The molecule has 6 heteroatoms. The van der Waals surface area contributed by atoms with E-state index in [1.165, 1.54) is 18.4 Å². The Bertz CT molecular complexity index is 1030. The third-order valence-electron chi connectivity index (χ3n) is 5.80. The minimum atomic E-state index is -0.136. The second-order valence-corrected chi connectivity index (χ2v) is 7.58. The number of aryl methyl sites for hydroxylation is 1. The number of para-hydroxylation sites is 2. The molecule has 1 unspecified atom stereocenters. The molecule has 0 bridgehead atoms. The molecule has 3 aromatic rings. The summed E-state index contributed by atoms with van der Waals surface area (Å²) in [5, 5.41) is 3.08. The van der Waals surface area contributed by atoms with Crippen molar-refractivity contribution in [3.63, 3.8) is 0 Å². The zero-order valence-corrected chi connectivity index (χ0v) is 16.9. The van der Waals surface area contributed by atoms with Gasteiger partial charge in [0, 0.05) is 13.1 Å². The monoisotopic (exact) mass is 392 g/mol. The van der Waals surface area contributed by atoms with Crippen molar-refractivity contribution < 1.29 is 4.79 Å². The number of hydrogen-bond acceptors (Lipinski definition) is 3. The normalized spacial score (nSPS) is 15.6. The number of carbonyl (C=O) groups excluding carboxylic acids is 1. The number of rotatable bonds is 7. The summed E-state index contributed by atoms with van der Waals surface area (Å²) in [6, 6.07) is 18.1. The van der Waals surface area contributed by atoms with Crippen molar-refractivity contribution in [3.05, 3.63) is 70.6 Å². The molecule has 1 aliphatic heterocycles. The number of nitrogens with zero attached hydrogens (tertiary/aromatic N) is 3. The minimum absolute atomic E-state index is 0.0356. The zero-order valence-electron chi connectivity index (χ0n) is 16.9. The Balaban J connectivity index is 1.50. The van der Waals surface area contributed by atoms with Crippen LogP contribution in [0.15, 0.2) is 59.4 Å². The largest absolute Gasteiger partial charge is 0.353 e. The molecule has 29 heavy (non-hydrogen) atoms. The van der Waals surface area contributed by atoms with E-state index >= 15 is 0 Å². The summed E-state index contributed by atoms with van der Waals surface area (Å²) in [5.41, 5.74) is 2.75. The van der Waals surface area contributed by atoms with Crippen LogP contribution in [0.1, 0.15) is 31.4 Å². The van der Waals surface area contributed by atoms with E-state index in [9.17, 15) is 9.59 Å². The van der Waals surface area contributed by atoms with Crippen molar-refractivity contribution >= 4 is 16.9 Å². The maximum Gasteiger partial charge on any atom is 0.329 e. The van der Waals surface area contributed by atoms with Crippen LogP contribution in [0.25, 0.3) is 11.0 Å². The lowest BCUT2D eigenvalue weighted by atomic mass is 10.1. The summed E-state index contributed by atoms with van der Waals surface area (Å²) in [6.45, 7) is 5.22. The number of carbonyl (C=O) groups is 1. The van der Waals surface area contributed by atoms with Gasteiger partial charge in [-0.05, 0) is 50.6 Å². The first-order chi connectivity index (χ1) is 14.2. The second-order valence-electron chi connectivity index (χ2n) is 7.58. The molecule has 2 aromatic carbocycles. The molecule has 1 aliphatic rings. The molecule has 1 N–H and O–H groups in total. The van der Waals surface area contributed by atoms with Crippen molar-refractivity contribution in [2.45, 2.75) is 38.9 Å². The molecule has 1 amide bonds. The van der Waals surface area contributed by atoms with Crippen LogP contribution < -0.4 is 11.0 Å². The molecule has 0 aliphatic carbocycles. The van der Waals surface area contributed by atoms with Crippen LogP contribution in [-0.4, -0.2) is 39.6 Å². The van der Waals surface area contributed by atoms with Crippen molar-refractivity contribution in [1.82, 2.24) is 19.4 Å². The second kappa shape index (κ2) is 8.66. The molecule has 2 heterocycles. The molecule has 1 aromatic heterocycles. The van der Waals surface area contributed by atoms with Gasteiger partial charge < -0.3 is 5.32 Å². The number of benzene rings is 2. The Morgan fingerprint density at radius 1 is 0.966 bits per heavy atom. The first-order valence-electron chi connectivity index (χ1n) is 10.4. The molecule has 1 atom stereocenters. The summed E-state index contributed by atoms with van der Waals surface area (Å²) in [7, 11) is 0. The quantitative estimate of drug-likeness (QED) is 0.673. The van der Waals surface area contributed by atoms with Crippen molar-refractivity contribution in [2.75, 3.05) is 19.6 Å². The van der Waals surface area contributed by atoms with Gasteiger partial charge in [-0.25, -0.2) is 4.79 Å². The molecular weight excluding hydrogens is 364 g/mol. The van der Waals surface area contributed by atoms with Gasteiger partial charge in [0.05, 0.1) is 17.1 Å². The number of likely N-dealkylation sites (tertiary alicyclic amines) is 1. The van der Waals surface area contributed by atoms with E-state index in [2.05, 4.69) is 22.3 Å². The average Bonchev–Trinajstić information content (AvgIpc) is 3.36. The molecule has 0 spiro atoms. The Morgan fingerprint density at radius 2 is 1.59 bits per heavy atom. The fraction of sp³-hybridized carbons (Fsp3) is 0.391. The van der Waals surface area contributed by atoms with E-state index in [4.69, 9.17) is 0 Å². The standard InChI is InChI=1S/C23H28N4O2/c1-2-26-19-12-6-7-13-20(19)27(23(26)29)17-22(28)24-16-21(25-14-8-9-15-25)18-10-4-3-5-11-18/h3-7,10-13,21H,2,8-9,14-17H2,1H3,(H,24,28). The summed E-state index contributed by atoms with van der Waals surface area (Å²) in [6.07, 6.45) is 2.40. The minimum Gasteiger partial charge on any atom is -0.353 e. The fourth-order valence-corrected chi connectivity index (χ4v) is 4.33. The van der Waals surface area contributed by atoms with Gasteiger partial charge in [0.15, 0.2) is 0 Å². The SMILES string of the molecule is CCn1c(=O)n(CC(=O)NCC(c2ccccc2)N2CCCC2)c2ccccc21. The van der Waals surface area contributed by atoms with E-state index in [0.29, 0.717) is 13.1 Å². The number of aromatic nitrogens is 2. The Labute approximate surface area is 170 Å². The molecule has 152 valence electrons. The fourth-order valence-electron chi connectivity index (χ4n) is 4.33. The summed E-state index contributed by atoms with van der Waals surface area (Å²) in [4.78, 5) is 28.0. The molecule has 0 radical (unpaired) electrons. The van der Waals surface area contributed by atoms with Gasteiger partial charge in [0.1, 0.15) is 6.54 Å². The molecule has 4 rings (SSSR count). The van der Waals surface area contributed by atoms with Gasteiger partial charge in [0.25, 0.3) is 0 Å². The Kier molecular flexibility index (Phi) is 5.81. The van der Waals surface area contributed by atoms with E-state index < -0.39 is 0 Å². The number of amides is 1. The lowest BCUT2D eigenvalue weighted by molar-refractivity contribution is -0.121. The lowest BCUT2D eigenvalue weighted by Crippen LogP contribution is -2.39. The van der Waals surface area contributed by atoms with Crippen LogP contribution in [0.2, 0.25) is 0 Å². The Morgan fingerprint density at radius 3 is 2.24 bits per heavy atom. The van der Waals surface area contributed by atoms with E-state index in [1.54, 1.807) is 9.13 Å². The topological polar surface area (TPSA) is 59.3 Å². The highest BCUT2D eigenvalue weighted by Crippen LogP contribution is 2.24. The van der Waals surface area contributed by atoms with Crippen molar-refractivity contribution in [2.24, 2.45) is 0 Å². The average molecular weight is 393 g/mol. The number of fused-ring (bicyclic) bond motifs is 1. The third kappa shape index (κ3) is 3.98. The van der Waals surface area contributed by atoms with Crippen LogP contribution in [0.4, 0.5) is 0 Å². The molecule has 1 saturated heterocycles. The van der Waals surface area contributed by atoms with Crippen LogP contribution in [-0.2, 0) is 17.9 Å². The van der Waals surface area contributed by atoms with Gasteiger partial charge in [0.2, 0.25) is 5.91 Å². The van der Waals surface area contributed by atoms with E-state index in [1.807, 2.05) is 49.4 Å². The predicted octanol–water partition coefficient (Wildman–Crippen LogP) is 2.78. The van der Waals surface area contributed by atoms with Gasteiger partial charge in [-0.3, -0.25) is 18.8 Å².